The lowest BCUT2D eigenvalue weighted by Gasteiger charge is -2.01. The van der Waals surface area contributed by atoms with Crippen LogP contribution in [-0.4, -0.2) is 16.1 Å². The number of carboxylic acid groups (broad SMARTS) is 1. The van der Waals surface area contributed by atoms with Crippen molar-refractivity contribution in [2.45, 2.75) is 0 Å². The zero-order chi connectivity index (χ0) is 10.3. The predicted octanol–water partition coefficient (Wildman–Crippen LogP) is 2.66. The molecule has 1 aromatic carbocycles. The van der Waals surface area contributed by atoms with Crippen molar-refractivity contribution in [1.82, 2.24) is 4.98 Å². The number of H-pyrrole nitrogens is 1. The fourth-order valence-corrected chi connectivity index (χ4v) is 1.59. The molecule has 3 nitrogen and oxygen atoms in total. The van der Waals surface area contributed by atoms with Crippen molar-refractivity contribution in [1.29, 1.82) is 0 Å². The van der Waals surface area contributed by atoms with Crippen LogP contribution in [0.1, 0.15) is 10.4 Å². The van der Waals surface area contributed by atoms with E-state index in [1.807, 2.05) is 0 Å². The van der Waals surface area contributed by atoms with Gasteiger partial charge in [0.1, 0.15) is 5.82 Å². The van der Waals surface area contributed by atoms with E-state index in [0.29, 0.717) is 10.9 Å². The van der Waals surface area contributed by atoms with E-state index < -0.39 is 11.8 Å². The second-order valence-electron chi connectivity index (χ2n) is 2.79. The van der Waals surface area contributed by atoms with E-state index in [2.05, 4.69) is 4.98 Å². The number of hydrogen-bond donors (Lipinski definition) is 2. The number of aromatic nitrogens is 1. The second kappa shape index (κ2) is 2.99. The van der Waals surface area contributed by atoms with Gasteiger partial charge < -0.3 is 10.1 Å². The van der Waals surface area contributed by atoms with E-state index in [4.69, 9.17) is 16.7 Å². The van der Waals surface area contributed by atoms with Crippen molar-refractivity contribution in [2.75, 3.05) is 0 Å². The van der Waals surface area contributed by atoms with Gasteiger partial charge in [-0.25, -0.2) is 9.18 Å². The van der Waals surface area contributed by atoms with Crippen LogP contribution in [0.4, 0.5) is 4.39 Å². The molecule has 72 valence electrons. The van der Waals surface area contributed by atoms with Crippen LogP contribution in [0.15, 0.2) is 18.3 Å². The molecule has 0 bridgehead atoms. The molecule has 0 saturated heterocycles. The highest BCUT2D eigenvalue weighted by molar-refractivity contribution is 6.35. The van der Waals surface area contributed by atoms with Crippen LogP contribution >= 0.6 is 11.6 Å². The van der Waals surface area contributed by atoms with E-state index in [-0.39, 0.29) is 10.6 Å². The van der Waals surface area contributed by atoms with Crippen molar-refractivity contribution < 1.29 is 14.3 Å². The minimum atomic E-state index is -1.24. The Balaban J connectivity index is 2.93. The Morgan fingerprint density at radius 2 is 2.29 bits per heavy atom. The van der Waals surface area contributed by atoms with E-state index in [1.54, 1.807) is 6.07 Å². The summed E-state index contributed by atoms with van der Waals surface area (Å²) in [4.78, 5) is 13.5. The van der Waals surface area contributed by atoms with E-state index in [0.717, 1.165) is 0 Å². The first kappa shape index (κ1) is 9.02. The van der Waals surface area contributed by atoms with Gasteiger partial charge in [-0.3, -0.25) is 0 Å². The summed E-state index contributed by atoms with van der Waals surface area (Å²) >= 11 is 5.55. The average Bonchev–Trinajstić information content (AvgIpc) is 2.52. The molecule has 1 heterocycles. The largest absolute Gasteiger partial charge is 0.478 e. The molecule has 0 atom stereocenters. The molecule has 2 aromatic rings. The highest BCUT2D eigenvalue weighted by atomic mass is 35.5. The van der Waals surface area contributed by atoms with Crippen LogP contribution in [0.5, 0.6) is 0 Å². The lowest BCUT2D eigenvalue weighted by molar-refractivity contribution is 0.0699. The number of carboxylic acids is 1. The van der Waals surface area contributed by atoms with E-state index in [1.165, 1.54) is 12.3 Å². The van der Waals surface area contributed by atoms with Gasteiger partial charge >= 0.3 is 5.97 Å². The topological polar surface area (TPSA) is 53.1 Å². The van der Waals surface area contributed by atoms with Gasteiger partial charge in [0.15, 0.2) is 0 Å². The standard InChI is InChI=1S/C9H5ClFNO2/c10-8-5(11)3-6-4(1-2-12-6)7(8)9(13)14/h1-3,12H,(H,13,14). The van der Waals surface area contributed by atoms with Gasteiger partial charge in [-0.1, -0.05) is 11.6 Å². The summed E-state index contributed by atoms with van der Waals surface area (Å²) in [7, 11) is 0. The highest BCUT2D eigenvalue weighted by Crippen LogP contribution is 2.28. The number of benzene rings is 1. The Morgan fingerprint density at radius 3 is 2.93 bits per heavy atom. The van der Waals surface area contributed by atoms with Crippen molar-refractivity contribution in [2.24, 2.45) is 0 Å². The van der Waals surface area contributed by atoms with Crippen LogP contribution in [-0.2, 0) is 0 Å². The SMILES string of the molecule is O=C(O)c1c(Cl)c(F)cc2[nH]ccc12. The van der Waals surface area contributed by atoms with Crippen molar-refractivity contribution in [3.63, 3.8) is 0 Å². The molecule has 0 aliphatic rings. The molecule has 0 aliphatic heterocycles. The first-order chi connectivity index (χ1) is 6.61. The monoisotopic (exact) mass is 213 g/mol. The maximum absolute atomic E-state index is 13.1. The Labute approximate surface area is 83.1 Å². The zero-order valence-corrected chi connectivity index (χ0v) is 7.60. The summed E-state index contributed by atoms with van der Waals surface area (Å²) in [5, 5.41) is 8.89. The number of halogens is 2. The van der Waals surface area contributed by atoms with Gasteiger partial charge in [0, 0.05) is 17.1 Å². The van der Waals surface area contributed by atoms with Crippen molar-refractivity contribution in [3.05, 3.63) is 34.7 Å². The number of nitrogens with one attached hydrogen (secondary N) is 1. The summed E-state index contributed by atoms with van der Waals surface area (Å²) in [6, 6.07) is 2.72. The van der Waals surface area contributed by atoms with Crippen molar-refractivity contribution in [3.8, 4) is 0 Å². The number of rotatable bonds is 1. The molecule has 0 saturated carbocycles. The summed E-state index contributed by atoms with van der Waals surface area (Å²) < 4.78 is 13.1. The molecule has 0 amide bonds. The third-order valence-corrected chi connectivity index (χ3v) is 2.33. The second-order valence-corrected chi connectivity index (χ2v) is 3.17. The van der Waals surface area contributed by atoms with Crippen LogP contribution < -0.4 is 0 Å². The van der Waals surface area contributed by atoms with Crippen LogP contribution in [0, 0.1) is 5.82 Å². The zero-order valence-electron chi connectivity index (χ0n) is 6.84. The highest BCUT2D eigenvalue weighted by Gasteiger charge is 2.17. The van der Waals surface area contributed by atoms with Gasteiger partial charge in [0.2, 0.25) is 0 Å². The number of aromatic carboxylic acids is 1. The third-order valence-electron chi connectivity index (χ3n) is 1.96. The summed E-state index contributed by atoms with van der Waals surface area (Å²) in [5.74, 6) is -1.97. The van der Waals surface area contributed by atoms with Gasteiger partial charge in [-0.15, -0.1) is 0 Å². The number of aromatic amines is 1. The quantitative estimate of drug-likeness (QED) is 0.765. The van der Waals surface area contributed by atoms with E-state index in [9.17, 15) is 9.18 Å². The summed E-state index contributed by atoms with van der Waals surface area (Å²) in [6.07, 6.45) is 1.53. The van der Waals surface area contributed by atoms with Crippen molar-refractivity contribution >= 4 is 28.5 Å². The molecule has 2 rings (SSSR count). The van der Waals surface area contributed by atoms with Gasteiger partial charge in [0.05, 0.1) is 10.6 Å². The van der Waals surface area contributed by atoms with Crippen LogP contribution in [0.2, 0.25) is 5.02 Å². The summed E-state index contributed by atoms with van der Waals surface area (Å²) in [6.45, 7) is 0. The molecular weight excluding hydrogens is 209 g/mol. The number of fused-ring (bicyclic) bond motifs is 1. The maximum Gasteiger partial charge on any atom is 0.338 e. The first-order valence-electron chi connectivity index (χ1n) is 3.79. The fourth-order valence-electron chi connectivity index (χ4n) is 1.36. The number of carbonyl (C=O) groups is 1. The molecule has 2 N–H and O–H groups in total. The minimum Gasteiger partial charge on any atom is -0.478 e. The smallest absolute Gasteiger partial charge is 0.338 e. The Bertz CT molecular complexity index is 521. The Kier molecular flexibility index (Phi) is 1.93. The van der Waals surface area contributed by atoms with Crippen LogP contribution in [0.3, 0.4) is 0 Å². The fraction of sp³-hybridized carbons (Fsp3) is 0. The lowest BCUT2D eigenvalue weighted by atomic mass is 10.1. The van der Waals surface area contributed by atoms with Gasteiger partial charge in [0.25, 0.3) is 0 Å². The average molecular weight is 214 g/mol. The third kappa shape index (κ3) is 1.15. The Hall–Kier alpha value is -1.55. The lowest BCUT2D eigenvalue weighted by Crippen LogP contribution is -1.99. The molecular formula is C9H5ClFNO2. The molecule has 0 aliphatic carbocycles. The molecule has 0 fully saturated rings. The molecule has 14 heavy (non-hydrogen) atoms. The van der Waals surface area contributed by atoms with Crippen LogP contribution in [0.25, 0.3) is 10.9 Å². The minimum absolute atomic E-state index is 0.206. The number of hydrogen-bond acceptors (Lipinski definition) is 1. The molecule has 5 heteroatoms. The molecule has 0 radical (unpaired) electrons. The Morgan fingerprint density at radius 1 is 1.57 bits per heavy atom. The van der Waals surface area contributed by atoms with Gasteiger partial charge in [-0.2, -0.15) is 0 Å². The first-order valence-corrected chi connectivity index (χ1v) is 4.17. The normalized spacial score (nSPS) is 10.7. The van der Waals surface area contributed by atoms with E-state index >= 15 is 0 Å². The molecule has 0 unspecified atom stereocenters. The molecule has 0 spiro atoms. The predicted molar refractivity (Wildman–Crippen MR) is 50.2 cm³/mol. The summed E-state index contributed by atoms with van der Waals surface area (Å²) in [5.41, 5.74) is 0.215. The molecule has 1 aromatic heterocycles. The van der Waals surface area contributed by atoms with Gasteiger partial charge in [-0.05, 0) is 12.1 Å². The maximum atomic E-state index is 13.1.